The Morgan fingerprint density at radius 2 is 2.11 bits per heavy atom. The molecule has 6 nitrogen and oxygen atoms in total. The van der Waals surface area contributed by atoms with Crippen molar-refractivity contribution in [1.82, 2.24) is 5.32 Å². The van der Waals surface area contributed by atoms with Crippen LogP contribution in [0, 0.1) is 5.21 Å². The molecule has 0 saturated carbocycles. The molecule has 0 unspecified atom stereocenters. The highest BCUT2D eigenvalue weighted by Crippen LogP contribution is 2.10. The van der Waals surface area contributed by atoms with Crippen LogP contribution in [0.25, 0.3) is 0 Å². The molecule has 0 aliphatic heterocycles. The van der Waals surface area contributed by atoms with Gasteiger partial charge in [0.2, 0.25) is 6.20 Å². The van der Waals surface area contributed by atoms with Gasteiger partial charge in [-0.15, -0.1) is 0 Å². The summed E-state index contributed by atoms with van der Waals surface area (Å²) in [6.45, 7) is 5.55. The van der Waals surface area contributed by atoms with Crippen LogP contribution in [0.4, 0.5) is 4.79 Å². The van der Waals surface area contributed by atoms with E-state index in [2.05, 4.69) is 5.32 Å². The van der Waals surface area contributed by atoms with Crippen molar-refractivity contribution in [3.05, 3.63) is 29.2 Å². The normalized spacial score (nSPS) is 10.9. The molecule has 100 valence electrons. The van der Waals surface area contributed by atoms with Crippen molar-refractivity contribution < 1.29 is 19.0 Å². The maximum Gasteiger partial charge on any atom is 0.407 e. The van der Waals surface area contributed by atoms with E-state index in [1.165, 1.54) is 19.5 Å². The molecule has 0 saturated heterocycles. The number of hydrogen-bond donors (Lipinski definition) is 1. The van der Waals surface area contributed by atoms with Crippen molar-refractivity contribution in [1.29, 1.82) is 0 Å². The van der Waals surface area contributed by atoms with E-state index < -0.39 is 11.7 Å². The highest BCUT2D eigenvalue weighted by molar-refractivity contribution is 5.67. The SMILES string of the molecule is COc1cc(CNC(=O)OC(C)(C)C)c[n+]([O-])c1. The molecule has 1 aromatic heterocycles. The summed E-state index contributed by atoms with van der Waals surface area (Å²) in [5.74, 6) is 0.438. The molecule has 1 N–H and O–H groups in total. The first kappa shape index (κ1) is 14.1. The van der Waals surface area contributed by atoms with Crippen molar-refractivity contribution in [2.24, 2.45) is 0 Å². The fourth-order valence-electron chi connectivity index (χ4n) is 1.28. The first-order valence-electron chi connectivity index (χ1n) is 5.54. The maximum atomic E-state index is 11.4. The number of nitrogens with zero attached hydrogens (tertiary/aromatic N) is 1. The summed E-state index contributed by atoms with van der Waals surface area (Å²) in [4.78, 5) is 11.4. The Morgan fingerprint density at radius 3 is 2.67 bits per heavy atom. The van der Waals surface area contributed by atoms with Gasteiger partial charge in [0.1, 0.15) is 5.60 Å². The van der Waals surface area contributed by atoms with E-state index in [-0.39, 0.29) is 6.54 Å². The average molecular weight is 254 g/mol. The van der Waals surface area contributed by atoms with Crippen LogP contribution < -0.4 is 14.8 Å². The Labute approximate surface area is 106 Å². The zero-order valence-electron chi connectivity index (χ0n) is 11.0. The van der Waals surface area contributed by atoms with Gasteiger partial charge in [-0.3, -0.25) is 0 Å². The monoisotopic (exact) mass is 254 g/mol. The van der Waals surface area contributed by atoms with Crippen LogP contribution in [0.3, 0.4) is 0 Å². The molecule has 0 bridgehead atoms. The lowest BCUT2D eigenvalue weighted by Gasteiger charge is -2.19. The first-order valence-corrected chi connectivity index (χ1v) is 5.54. The van der Waals surface area contributed by atoms with Gasteiger partial charge >= 0.3 is 6.09 Å². The Balaban J connectivity index is 2.58. The Hall–Kier alpha value is -1.98. The van der Waals surface area contributed by atoms with Gasteiger partial charge in [-0.1, -0.05) is 0 Å². The number of carbonyl (C=O) groups is 1. The third-order valence-corrected chi connectivity index (χ3v) is 1.95. The highest BCUT2D eigenvalue weighted by Gasteiger charge is 2.16. The van der Waals surface area contributed by atoms with Gasteiger partial charge in [-0.2, -0.15) is 4.73 Å². The molecule has 0 aliphatic carbocycles. The van der Waals surface area contributed by atoms with Gasteiger partial charge in [0.15, 0.2) is 11.9 Å². The van der Waals surface area contributed by atoms with Crippen LogP contribution in [0.2, 0.25) is 0 Å². The molecule has 0 fully saturated rings. The van der Waals surface area contributed by atoms with Crippen molar-refractivity contribution in [2.45, 2.75) is 32.9 Å². The molecule has 1 aromatic rings. The van der Waals surface area contributed by atoms with Gasteiger partial charge in [0, 0.05) is 5.56 Å². The summed E-state index contributed by atoms with van der Waals surface area (Å²) in [7, 11) is 1.47. The topological polar surface area (TPSA) is 74.5 Å². The number of carbonyl (C=O) groups excluding carboxylic acids is 1. The zero-order chi connectivity index (χ0) is 13.8. The lowest BCUT2D eigenvalue weighted by atomic mass is 10.2. The van der Waals surface area contributed by atoms with E-state index in [0.29, 0.717) is 16.0 Å². The smallest absolute Gasteiger partial charge is 0.407 e. The van der Waals surface area contributed by atoms with Crippen molar-refractivity contribution in [2.75, 3.05) is 7.11 Å². The summed E-state index contributed by atoms with van der Waals surface area (Å²) >= 11 is 0. The number of methoxy groups -OCH3 is 1. The Morgan fingerprint density at radius 1 is 1.44 bits per heavy atom. The Bertz CT molecular complexity index is 427. The predicted molar refractivity (Wildman–Crippen MR) is 65.0 cm³/mol. The van der Waals surface area contributed by atoms with Crippen LogP contribution in [-0.2, 0) is 11.3 Å². The molecule has 0 aliphatic rings. The first-order chi connectivity index (χ1) is 8.30. The summed E-state index contributed by atoms with van der Waals surface area (Å²) in [6, 6.07) is 1.67. The number of aromatic nitrogens is 1. The lowest BCUT2D eigenvalue weighted by molar-refractivity contribution is -0.606. The molecule has 1 rings (SSSR count). The minimum absolute atomic E-state index is 0.203. The summed E-state index contributed by atoms with van der Waals surface area (Å²) in [6.07, 6.45) is 2.14. The molecule has 0 aromatic carbocycles. The van der Waals surface area contributed by atoms with Crippen molar-refractivity contribution in [3.8, 4) is 5.75 Å². The minimum atomic E-state index is -0.545. The Kier molecular flexibility index (Phi) is 4.36. The number of pyridine rings is 1. The summed E-state index contributed by atoms with van der Waals surface area (Å²) in [5, 5.41) is 13.8. The summed E-state index contributed by atoms with van der Waals surface area (Å²) in [5.41, 5.74) is 0.0897. The van der Waals surface area contributed by atoms with Gasteiger partial charge < -0.3 is 20.0 Å². The fourth-order valence-corrected chi connectivity index (χ4v) is 1.28. The molecular weight excluding hydrogens is 236 g/mol. The van der Waals surface area contributed by atoms with Gasteiger partial charge in [-0.05, 0) is 26.8 Å². The van der Waals surface area contributed by atoms with Crippen LogP contribution in [0.5, 0.6) is 5.75 Å². The van der Waals surface area contributed by atoms with Gasteiger partial charge in [0.05, 0.1) is 13.7 Å². The predicted octanol–water partition coefficient (Wildman–Crippen LogP) is 1.35. The van der Waals surface area contributed by atoms with Crippen LogP contribution in [0.15, 0.2) is 18.5 Å². The van der Waals surface area contributed by atoms with Gasteiger partial charge in [-0.25, -0.2) is 4.79 Å². The number of alkyl carbamates (subject to hydrolysis) is 1. The third-order valence-electron chi connectivity index (χ3n) is 1.95. The lowest BCUT2D eigenvalue weighted by Crippen LogP contribution is -2.33. The second-order valence-electron chi connectivity index (χ2n) is 4.80. The molecule has 18 heavy (non-hydrogen) atoms. The molecule has 0 atom stereocenters. The van der Waals surface area contributed by atoms with Crippen LogP contribution in [-0.4, -0.2) is 18.8 Å². The molecule has 0 radical (unpaired) electrons. The number of rotatable bonds is 3. The van der Waals surface area contributed by atoms with Crippen molar-refractivity contribution in [3.63, 3.8) is 0 Å². The van der Waals surface area contributed by atoms with E-state index in [9.17, 15) is 10.0 Å². The highest BCUT2D eigenvalue weighted by atomic mass is 16.6. The van der Waals surface area contributed by atoms with E-state index in [4.69, 9.17) is 9.47 Å². The van der Waals surface area contributed by atoms with E-state index in [1.807, 2.05) is 0 Å². The standard InChI is InChI=1S/C12H18N2O4/c1-12(2,3)18-11(15)13-6-9-5-10(17-4)8-14(16)7-9/h5,7-8H,6H2,1-4H3,(H,13,15). The number of nitrogens with one attached hydrogen (secondary N) is 1. The summed E-state index contributed by atoms with van der Waals surface area (Å²) < 4.78 is 10.7. The van der Waals surface area contributed by atoms with Crippen LogP contribution >= 0.6 is 0 Å². The second-order valence-corrected chi connectivity index (χ2v) is 4.80. The molecule has 0 spiro atoms. The van der Waals surface area contributed by atoms with Crippen molar-refractivity contribution >= 4 is 6.09 Å². The molecular formula is C12H18N2O4. The largest absolute Gasteiger partial charge is 0.619 e. The number of hydrogen-bond acceptors (Lipinski definition) is 4. The van der Waals surface area contributed by atoms with E-state index in [1.54, 1.807) is 26.8 Å². The molecule has 1 heterocycles. The average Bonchev–Trinajstić information content (AvgIpc) is 2.23. The number of amides is 1. The third kappa shape index (κ3) is 4.90. The second kappa shape index (κ2) is 5.57. The minimum Gasteiger partial charge on any atom is -0.619 e. The quantitative estimate of drug-likeness (QED) is 0.652. The maximum absolute atomic E-state index is 11.4. The number of ether oxygens (including phenoxy) is 2. The molecule has 6 heteroatoms. The molecule has 1 amide bonds. The van der Waals surface area contributed by atoms with E-state index >= 15 is 0 Å². The van der Waals surface area contributed by atoms with Gasteiger partial charge in [0.25, 0.3) is 0 Å². The van der Waals surface area contributed by atoms with Crippen LogP contribution in [0.1, 0.15) is 26.3 Å². The zero-order valence-corrected chi connectivity index (χ0v) is 11.0. The van der Waals surface area contributed by atoms with E-state index in [0.717, 1.165) is 0 Å². The fraction of sp³-hybridized carbons (Fsp3) is 0.500.